The van der Waals surface area contributed by atoms with E-state index in [9.17, 15) is 0 Å². The molecule has 15 heavy (non-hydrogen) atoms. The Balaban J connectivity index is -0.0000000184. The van der Waals surface area contributed by atoms with E-state index in [1.54, 1.807) is 0 Å². The van der Waals surface area contributed by atoms with E-state index >= 15 is 0 Å². The van der Waals surface area contributed by atoms with Gasteiger partial charge in [-0.05, 0) is 0 Å². The largest absolute Gasteiger partial charge is 0.481 e. The molecule has 0 aromatic carbocycles. The second-order valence-electron chi connectivity index (χ2n) is 1.56. The Morgan fingerprint density at radius 2 is 0.600 bits per heavy atom. The van der Waals surface area contributed by atoms with Gasteiger partial charge < -0.3 is 15.3 Å². The monoisotopic (exact) mass is 564 g/mol. The molecule has 0 aliphatic rings. The molecule has 0 saturated carbocycles. The van der Waals surface area contributed by atoms with Crippen LogP contribution in [0.5, 0.6) is 0 Å². The fourth-order valence-corrected chi connectivity index (χ4v) is 0. The van der Waals surface area contributed by atoms with Crippen molar-refractivity contribution in [3.8, 4) is 0 Å². The fraction of sp³-hybridized carbons (Fsp3) is 0.500. The van der Waals surface area contributed by atoms with Gasteiger partial charge in [0.2, 0.25) is 0 Å². The van der Waals surface area contributed by atoms with E-state index in [-0.39, 0.29) is 71.9 Å². The molecule has 0 amide bonds. The molecule has 0 saturated heterocycles. The smallest absolute Gasteiger partial charge is 0.300 e. The standard InChI is InChI=1S/3C2H4O2.3HI/c3*1-2(3)4;;;/h3*1H3,(H,3,4);3*1H. The van der Waals surface area contributed by atoms with Gasteiger partial charge in [-0.3, -0.25) is 14.4 Å². The summed E-state index contributed by atoms with van der Waals surface area (Å²) in [7, 11) is 0. The van der Waals surface area contributed by atoms with E-state index in [0.717, 1.165) is 20.8 Å². The highest BCUT2D eigenvalue weighted by Crippen LogP contribution is 1.42. The Morgan fingerprint density at radius 1 is 0.600 bits per heavy atom. The van der Waals surface area contributed by atoms with Gasteiger partial charge in [0.1, 0.15) is 0 Å². The molecule has 3 N–H and O–H groups in total. The minimum absolute atomic E-state index is 0. The van der Waals surface area contributed by atoms with Gasteiger partial charge in [-0.25, -0.2) is 0 Å². The second-order valence-corrected chi connectivity index (χ2v) is 1.56. The van der Waals surface area contributed by atoms with Crippen molar-refractivity contribution in [2.24, 2.45) is 0 Å². The number of hydrogen-bond acceptors (Lipinski definition) is 3. The van der Waals surface area contributed by atoms with Crippen LogP contribution >= 0.6 is 71.9 Å². The maximum absolute atomic E-state index is 9.00. The molecule has 0 aromatic rings. The first-order valence-electron chi connectivity index (χ1n) is 2.78. The third-order valence-corrected chi connectivity index (χ3v) is 0. The minimum Gasteiger partial charge on any atom is -0.481 e. The van der Waals surface area contributed by atoms with E-state index in [4.69, 9.17) is 29.7 Å². The predicted molar refractivity (Wildman–Crippen MR) is 86.2 cm³/mol. The zero-order valence-corrected chi connectivity index (χ0v) is 15.3. The van der Waals surface area contributed by atoms with Gasteiger partial charge in [-0.15, -0.1) is 71.9 Å². The summed E-state index contributed by atoms with van der Waals surface area (Å²) >= 11 is 0. The van der Waals surface area contributed by atoms with Crippen LogP contribution in [-0.4, -0.2) is 33.2 Å². The second kappa shape index (κ2) is 29.3. The maximum Gasteiger partial charge on any atom is 0.300 e. The van der Waals surface area contributed by atoms with Gasteiger partial charge in [-0.1, -0.05) is 0 Å². The first-order chi connectivity index (χ1) is 5.20. The van der Waals surface area contributed by atoms with Gasteiger partial charge in [-0.2, -0.15) is 0 Å². The predicted octanol–water partition coefficient (Wildman–Crippen LogP) is 2.13. The Labute approximate surface area is 139 Å². The summed E-state index contributed by atoms with van der Waals surface area (Å²) in [5.41, 5.74) is 0. The highest BCUT2D eigenvalue weighted by molar-refractivity contribution is 14.0. The quantitative estimate of drug-likeness (QED) is 0.390. The van der Waals surface area contributed by atoms with Crippen LogP contribution in [0.2, 0.25) is 0 Å². The molecule has 0 aliphatic heterocycles. The lowest BCUT2D eigenvalue weighted by Gasteiger charge is -1.59. The Kier molecular flexibility index (Phi) is 70.5. The van der Waals surface area contributed by atoms with Crippen LogP contribution in [0.25, 0.3) is 0 Å². The summed E-state index contributed by atoms with van der Waals surface area (Å²) in [5.74, 6) is -2.50. The average Bonchev–Trinajstić information content (AvgIpc) is 1.54. The summed E-state index contributed by atoms with van der Waals surface area (Å²) in [6.45, 7) is 3.25. The van der Waals surface area contributed by atoms with Crippen molar-refractivity contribution in [2.45, 2.75) is 20.8 Å². The molecule has 0 aliphatic carbocycles. The third-order valence-electron chi connectivity index (χ3n) is 0. The summed E-state index contributed by atoms with van der Waals surface area (Å²) < 4.78 is 0. The van der Waals surface area contributed by atoms with Crippen LogP contribution in [0.4, 0.5) is 0 Å². The first kappa shape index (κ1) is 36.1. The molecule has 0 bridgehead atoms. The highest BCUT2D eigenvalue weighted by Gasteiger charge is 1.66. The zero-order chi connectivity index (χ0) is 10.7. The molecule has 6 nitrogen and oxygen atoms in total. The summed E-state index contributed by atoms with van der Waals surface area (Å²) in [6, 6.07) is 0. The molecular weight excluding hydrogens is 549 g/mol. The molecule has 0 aromatic heterocycles. The molecular formula is C6H15I3O6. The van der Waals surface area contributed by atoms with Gasteiger partial charge in [0.25, 0.3) is 17.9 Å². The number of rotatable bonds is 0. The summed E-state index contributed by atoms with van der Waals surface area (Å²) in [6.07, 6.45) is 0. The molecule has 0 unspecified atom stereocenters. The SMILES string of the molecule is CC(=O)O.CC(=O)O.CC(=O)O.I.I.I. The Hall–Kier alpha value is 0.600. The average molecular weight is 564 g/mol. The molecule has 0 atom stereocenters. The number of aliphatic carboxylic acids is 3. The van der Waals surface area contributed by atoms with Crippen molar-refractivity contribution in [1.29, 1.82) is 0 Å². The van der Waals surface area contributed by atoms with E-state index in [2.05, 4.69) is 0 Å². The first-order valence-corrected chi connectivity index (χ1v) is 2.78. The topological polar surface area (TPSA) is 112 Å². The third kappa shape index (κ3) is 6440. The van der Waals surface area contributed by atoms with Crippen molar-refractivity contribution in [3.63, 3.8) is 0 Å². The van der Waals surface area contributed by atoms with Crippen molar-refractivity contribution >= 4 is 89.8 Å². The van der Waals surface area contributed by atoms with E-state index in [1.165, 1.54) is 0 Å². The molecule has 0 heterocycles. The van der Waals surface area contributed by atoms with Crippen LogP contribution in [0.3, 0.4) is 0 Å². The number of carbonyl (C=O) groups is 3. The minimum atomic E-state index is -0.833. The number of halogens is 3. The summed E-state index contributed by atoms with van der Waals surface area (Å²) in [5, 5.41) is 22.2. The van der Waals surface area contributed by atoms with Crippen molar-refractivity contribution in [1.82, 2.24) is 0 Å². The normalized spacial score (nSPS) is 5.00. The number of carboxylic acid groups (broad SMARTS) is 3. The lowest BCUT2D eigenvalue weighted by atomic mass is 10.9. The Bertz CT molecular complexity index is 120. The van der Waals surface area contributed by atoms with Gasteiger partial charge in [0, 0.05) is 20.8 Å². The van der Waals surface area contributed by atoms with Crippen molar-refractivity contribution < 1.29 is 29.7 Å². The molecule has 0 fully saturated rings. The van der Waals surface area contributed by atoms with Gasteiger partial charge in [0.05, 0.1) is 0 Å². The molecule has 9 heteroatoms. The van der Waals surface area contributed by atoms with Crippen molar-refractivity contribution in [2.75, 3.05) is 0 Å². The highest BCUT2D eigenvalue weighted by atomic mass is 127. The summed E-state index contributed by atoms with van der Waals surface area (Å²) in [4.78, 5) is 27.0. The molecule has 0 radical (unpaired) electrons. The van der Waals surface area contributed by atoms with E-state index < -0.39 is 17.9 Å². The van der Waals surface area contributed by atoms with Crippen LogP contribution < -0.4 is 0 Å². The number of hydrogen-bond donors (Lipinski definition) is 3. The molecule has 0 rings (SSSR count). The lowest BCUT2D eigenvalue weighted by Crippen LogP contribution is -1.78. The van der Waals surface area contributed by atoms with E-state index in [0.29, 0.717) is 0 Å². The van der Waals surface area contributed by atoms with Crippen LogP contribution in [0, 0.1) is 0 Å². The maximum atomic E-state index is 9.00. The van der Waals surface area contributed by atoms with Crippen LogP contribution in [0.15, 0.2) is 0 Å². The molecule has 96 valence electrons. The van der Waals surface area contributed by atoms with Gasteiger partial charge in [0.15, 0.2) is 0 Å². The van der Waals surface area contributed by atoms with Crippen LogP contribution in [0.1, 0.15) is 20.8 Å². The van der Waals surface area contributed by atoms with Gasteiger partial charge >= 0.3 is 0 Å². The fourth-order valence-electron chi connectivity index (χ4n) is 0. The lowest BCUT2D eigenvalue weighted by molar-refractivity contribution is -0.135. The van der Waals surface area contributed by atoms with Crippen LogP contribution in [-0.2, 0) is 14.4 Å². The number of carboxylic acids is 3. The zero-order valence-electron chi connectivity index (χ0n) is 8.29. The van der Waals surface area contributed by atoms with E-state index in [1.807, 2.05) is 0 Å². The molecule has 0 spiro atoms. The Morgan fingerprint density at radius 3 is 0.600 bits per heavy atom. The van der Waals surface area contributed by atoms with Crippen molar-refractivity contribution in [3.05, 3.63) is 0 Å².